The number of hydrogen-bond acceptors (Lipinski definition) is 15. The fourth-order valence-electron chi connectivity index (χ4n) is 4.04. The molecule has 1 saturated heterocycles. The first-order valence-corrected chi connectivity index (χ1v) is 16.3. The molecule has 0 amide bonds. The molecule has 0 radical (unpaired) electrons. The predicted octanol–water partition coefficient (Wildman–Crippen LogP) is 6.63. The fourth-order valence-corrected chi connectivity index (χ4v) is 4.04. The van der Waals surface area contributed by atoms with Gasteiger partial charge in [0.05, 0.1) is 19.8 Å². The Balaban J connectivity index is 1.64. The van der Waals surface area contributed by atoms with Gasteiger partial charge < -0.3 is 47.4 Å². The maximum Gasteiger partial charge on any atom is 0.514 e. The van der Waals surface area contributed by atoms with Crippen LogP contribution < -0.4 is 14.2 Å². The Bertz CT molecular complexity index is 1510. The molecule has 278 valence electrons. The van der Waals surface area contributed by atoms with Gasteiger partial charge in [-0.2, -0.15) is 0 Å². The molecule has 4 atom stereocenters. The second kappa shape index (κ2) is 19.9. The second-order valence-electron chi connectivity index (χ2n) is 11.8. The van der Waals surface area contributed by atoms with Crippen molar-refractivity contribution in [1.29, 1.82) is 0 Å². The van der Waals surface area contributed by atoms with E-state index in [1.807, 2.05) is 6.92 Å². The van der Waals surface area contributed by atoms with Crippen LogP contribution >= 0.6 is 0 Å². The minimum absolute atomic E-state index is 0.0145. The summed E-state index contributed by atoms with van der Waals surface area (Å²) in [4.78, 5) is 59.1. The number of carbonyl (C=O) groups is 5. The maximum atomic E-state index is 12.6. The van der Waals surface area contributed by atoms with Crippen LogP contribution in [0.25, 0.3) is 12.2 Å². The highest BCUT2D eigenvalue weighted by atomic mass is 16.8. The third-order valence-electron chi connectivity index (χ3n) is 6.89. The molecule has 0 aliphatic carbocycles. The van der Waals surface area contributed by atoms with Crippen LogP contribution in [0.3, 0.4) is 0 Å². The van der Waals surface area contributed by atoms with Crippen LogP contribution in [-0.4, -0.2) is 80.9 Å². The summed E-state index contributed by atoms with van der Waals surface area (Å²) >= 11 is 0. The van der Waals surface area contributed by atoms with Gasteiger partial charge in [0.25, 0.3) is 0 Å². The van der Waals surface area contributed by atoms with Crippen molar-refractivity contribution >= 4 is 42.6 Å². The number of rotatable bonds is 18. The molecule has 0 N–H and O–H groups in total. The highest BCUT2D eigenvalue weighted by Gasteiger charge is 2.40. The lowest BCUT2D eigenvalue weighted by Crippen LogP contribution is -2.22. The van der Waals surface area contributed by atoms with Gasteiger partial charge in [0.15, 0.2) is 5.79 Å². The lowest BCUT2D eigenvalue weighted by atomic mass is 10.1. The molecule has 1 unspecified atom stereocenters. The number of esters is 2. The Morgan fingerprint density at radius 2 is 1.06 bits per heavy atom. The largest absolute Gasteiger partial charge is 0.514 e. The zero-order chi connectivity index (χ0) is 37.4. The summed E-state index contributed by atoms with van der Waals surface area (Å²) in [5, 5.41) is 0. The average molecular weight is 717 g/mol. The lowest BCUT2D eigenvalue weighted by Gasteiger charge is -2.15. The molecular formula is C36H44O15. The van der Waals surface area contributed by atoms with Crippen molar-refractivity contribution in [1.82, 2.24) is 0 Å². The molecule has 0 saturated carbocycles. The maximum absolute atomic E-state index is 12.6. The second-order valence-corrected chi connectivity index (χ2v) is 11.8. The molecular weight excluding hydrogens is 672 g/mol. The van der Waals surface area contributed by atoms with Gasteiger partial charge in [0, 0.05) is 39.2 Å². The Morgan fingerprint density at radius 1 is 0.647 bits per heavy atom. The Hall–Kier alpha value is -5.15. The normalized spacial score (nSPS) is 16.6. The van der Waals surface area contributed by atoms with Crippen LogP contribution in [0, 0.1) is 0 Å². The summed E-state index contributed by atoms with van der Waals surface area (Å²) in [5.41, 5.74) is 1.19. The number of ether oxygens (including phenoxy) is 10. The van der Waals surface area contributed by atoms with E-state index in [1.165, 1.54) is 32.0 Å². The zero-order valence-corrected chi connectivity index (χ0v) is 29.5. The third kappa shape index (κ3) is 16.9. The zero-order valence-electron chi connectivity index (χ0n) is 29.5. The smallest absolute Gasteiger partial charge is 0.466 e. The number of carbonyl (C=O) groups excluding carboxylic acids is 5. The van der Waals surface area contributed by atoms with E-state index in [0.29, 0.717) is 37.2 Å². The van der Waals surface area contributed by atoms with E-state index in [0.717, 1.165) is 0 Å². The lowest BCUT2D eigenvalue weighted by molar-refractivity contribution is -0.142. The summed E-state index contributed by atoms with van der Waals surface area (Å²) in [5.74, 6) is -1.17. The van der Waals surface area contributed by atoms with E-state index in [1.54, 1.807) is 57.2 Å². The first-order valence-electron chi connectivity index (χ1n) is 16.3. The molecule has 1 aliphatic rings. The van der Waals surface area contributed by atoms with E-state index in [-0.39, 0.29) is 36.9 Å². The fraction of sp³-hybridized carbons (Fsp3) is 0.472. The molecule has 2 aromatic rings. The van der Waals surface area contributed by atoms with Gasteiger partial charge in [0.1, 0.15) is 42.2 Å². The number of hydrogen-bond donors (Lipinski definition) is 0. The van der Waals surface area contributed by atoms with Gasteiger partial charge in [-0.3, -0.25) is 9.59 Å². The van der Waals surface area contributed by atoms with Crippen LogP contribution in [0.1, 0.15) is 71.9 Å². The van der Waals surface area contributed by atoms with E-state index >= 15 is 0 Å². The molecule has 0 spiro atoms. The third-order valence-corrected chi connectivity index (χ3v) is 6.89. The van der Waals surface area contributed by atoms with Crippen LogP contribution in [-0.2, 0) is 42.7 Å². The highest BCUT2D eigenvalue weighted by molar-refractivity contribution is 5.74. The van der Waals surface area contributed by atoms with Crippen molar-refractivity contribution in [3.8, 4) is 17.2 Å². The molecule has 51 heavy (non-hydrogen) atoms. The number of epoxide rings is 1. The molecule has 1 fully saturated rings. The van der Waals surface area contributed by atoms with Crippen molar-refractivity contribution in [2.24, 2.45) is 0 Å². The van der Waals surface area contributed by atoms with Crippen LogP contribution in [0.4, 0.5) is 14.4 Å². The molecule has 0 bridgehead atoms. The van der Waals surface area contributed by atoms with Crippen molar-refractivity contribution < 1.29 is 71.3 Å². The molecule has 1 heterocycles. The Labute approximate surface area is 295 Å². The Kier molecular flexibility index (Phi) is 15.7. The van der Waals surface area contributed by atoms with Crippen molar-refractivity contribution in [3.05, 3.63) is 53.6 Å². The summed E-state index contributed by atoms with van der Waals surface area (Å²) < 4.78 is 52.2. The van der Waals surface area contributed by atoms with E-state index in [4.69, 9.17) is 47.4 Å². The van der Waals surface area contributed by atoms with Crippen molar-refractivity contribution in [3.63, 3.8) is 0 Å². The standard InChI is InChI=1S/C36H44O15/c1-23(13-16-42-26(4)37)46-33(39)49-30-11-9-28(10-12-30)7-8-29-19-31(50-34(40)47-24(2)14-17-43-27(5)38)21-32(20-29)51-35(41)48-25(3)15-18-44-36(6)22-45-36/h7-12,19-21,23-25H,13-18,22H2,1-6H3/b8-7+/t23-,24-,25-,36?/m1/s1. The molecule has 3 rings (SSSR count). The summed E-state index contributed by atoms with van der Waals surface area (Å²) in [6, 6.07) is 10.9. The first kappa shape index (κ1) is 40.3. The quantitative estimate of drug-likeness (QED) is 0.0527. The molecule has 15 heteroatoms. The summed E-state index contributed by atoms with van der Waals surface area (Å²) in [6.45, 7) is 10.4. The van der Waals surface area contributed by atoms with Gasteiger partial charge in [-0.1, -0.05) is 24.3 Å². The van der Waals surface area contributed by atoms with E-state index in [2.05, 4.69) is 0 Å². The van der Waals surface area contributed by atoms with Gasteiger partial charge >= 0.3 is 30.4 Å². The van der Waals surface area contributed by atoms with Crippen LogP contribution in [0.5, 0.6) is 17.2 Å². The molecule has 15 nitrogen and oxygen atoms in total. The van der Waals surface area contributed by atoms with E-state index in [9.17, 15) is 24.0 Å². The minimum atomic E-state index is -1.02. The topological polar surface area (TPSA) is 181 Å². The molecule has 1 aliphatic heterocycles. The minimum Gasteiger partial charge on any atom is -0.466 e. The monoisotopic (exact) mass is 716 g/mol. The predicted molar refractivity (Wildman–Crippen MR) is 179 cm³/mol. The van der Waals surface area contributed by atoms with Gasteiger partial charge in [-0.25, -0.2) is 14.4 Å². The van der Waals surface area contributed by atoms with Crippen LogP contribution in [0.2, 0.25) is 0 Å². The van der Waals surface area contributed by atoms with Gasteiger partial charge in [-0.15, -0.1) is 0 Å². The van der Waals surface area contributed by atoms with Gasteiger partial charge in [0.2, 0.25) is 0 Å². The SMILES string of the molecule is CC(=O)OCC[C@@H](C)OC(=O)Oc1ccc(/C=C/c2cc(OC(=O)O[C@H](C)CCOC(C)=O)cc(OC(=O)O[C@H](C)CCOC3(C)CO3)c2)cc1. The summed E-state index contributed by atoms with van der Waals surface area (Å²) in [7, 11) is 0. The van der Waals surface area contributed by atoms with Gasteiger partial charge in [-0.05, 0) is 63.1 Å². The first-order chi connectivity index (χ1) is 24.2. The van der Waals surface area contributed by atoms with Crippen molar-refractivity contribution in [2.75, 3.05) is 26.4 Å². The molecule has 2 aromatic carbocycles. The number of benzene rings is 2. The van der Waals surface area contributed by atoms with E-state index < -0.39 is 54.5 Å². The summed E-state index contributed by atoms with van der Waals surface area (Å²) in [6.07, 6.45) is -0.172. The highest BCUT2D eigenvalue weighted by Crippen LogP contribution is 2.28. The average Bonchev–Trinajstić information content (AvgIpc) is 3.76. The van der Waals surface area contributed by atoms with Crippen LogP contribution in [0.15, 0.2) is 42.5 Å². The molecule has 0 aromatic heterocycles. The Morgan fingerprint density at radius 3 is 1.49 bits per heavy atom. The van der Waals surface area contributed by atoms with Crippen molar-refractivity contribution in [2.45, 2.75) is 84.9 Å².